The number of hydrogen-bond donors (Lipinski definition) is 1. The quantitative estimate of drug-likeness (QED) is 0.357. The number of H-pyrrole nitrogens is 1. The highest BCUT2D eigenvalue weighted by Gasteiger charge is 2.31. The molecule has 1 rings (SSSR count). The fourth-order valence-electron chi connectivity index (χ4n) is 1.35. The first-order valence-corrected chi connectivity index (χ1v) is 6.93. The van der Waals surface area contributed by atoms with Gasteiger partial charge in [0.05, 0.1) is 13.2 Å². The summed E-state index contributed by atoms with van der Waals surface area (Å²) < 4.78 is 9.65. The zero-order chi connectivity index (χ0) is 15.1. The number of hydrogen-bond acceptors (Lipinski definition) is 7. The number of carbonyl (C=O) groups excluding carboxylic acids is 2. The predicted molar refractivity (Wildman–Crippen MR) is 72.5 cm³/mol. The van der Waals surface area contributed by atoms with Crippen LogP contribution in [-0.2, 0) is 19.1 Å². The van der Waals surface area contributed by atoms with Crippen LogP contribution in [0, 0.1) is 6.92 Å². The van der Waals surface area contributed by atoms with Gasteiger partial charge in [-0.25, -0.2) is 4.98 Å². The Bertz CT molecular complexity index is 525. The van der Waals surface area contributed by atoms with Crippen molar-refractivity contribution in [2.75, 3.05) is 13.2 Å². The van der Waals surface area contributed by atoms with Crippen LogP contribution in [0.1, 0.15) is 19.5 Å². The molecule has 1 aromatic rings. The number of aromatic amines is 1. The van der Waals surface area contributed by atoms with E-state index in [9.17, 15) is 14.4 Å². The second-order valence-electron chi connectivity index (χ2n) is 3.69. The maximum Gasteiger partial charge on any atom is 0.331 e. The van der Waals surface area contributed by atoms with Crippen molar-refractivity contribution < 1.29 is 19.1 Å². The van der Waals surface area contributed by atoms with Gasteiger partial charge in [-0.15, -0.1) is 0 Å². The molecule has 0 bridgehead atoms. The summed E-state index contributed by atoms with van der Waals surface area (Å²) >= 11 is 0.797. The minimum Gasteiger partial charge on any atom is -0.465 e. The highest BCUT2D eigenvalue weighted by Crippen LogP contribution is 2.21. The second-order valence-corrected chi connectivity index (χ2v) is 4.79. The third-order valence-electron chi connectivity index (χ3n) is 2.08. The number of nitrogens with zero attached hydrogens (tertiary/aromatic N) is 1. The Morgan fingerprint density at radius 1 is 1.30 bits per heavy atom. The summed E-state index contributed by atoms with van der Waals surface area (Å²) in [5, 5.41) is -1.04. The first kappa shape index (κ1) is 16.2. The van der Waals surface area contributed by atoms with Crippen molar-refractivity contribution >= 4 is 23.7 Å². The summed E-state index contributed by atoms with van der Waals surface area (Å²) in [6, 6.07) is 1.31. The van der Waals surface area contributed by atoms with Gasteiger partial charge < -0.3 is 14.5 Å². The molecule has 0 aliphatic heterocycles. The Balaban J connectivity index is 2.96. The molecule has 0 fully saturated rings. The lowest BCUT2D eigenvalue weighted by Gasteiger charge is -2.13. The minimum atomic E-state index is -1.21. The summed E-state index contributed by atoms with van der Waals surface area (Å²) in [6.45, 7) is 5.21. The lowest BCUT2D eigenvalue weighted by atomic mass is 10.4. The number of rotatable bonds is 6. The van der Waals surface area contributed by atoms with E-state index in [1.165, 1.54) is 6.07 Å². The molecule has 1 N–H and O–H groups in total. The van der Waals surface area contributed by atoms with Crippen LogP contribution < -0.4 is 5.56 Å². The molecular weight excluding hydrogens is 284 g/mol. The zero-order valence-corrected chi connectivity index (χ0v) is 12.3. The standard InChI is InChI=1S/C12H16N2O5S/c1-4-18-10(16)9(11(17)19-5-2)20-12-13-7(3)6-8(15)14-12/h6,9H,4-5H2,1-3H3,(H,13,14,15). The molecule has 0 saturated carbocycles. The monoisotopic (exact) mass is 300 g/mol. The molecule has 1 heterocycles. The SMILES string of the molecule is CCOC(=O)C(Sc1nc(C)cc(=O)[nH]1)C(=O)OCC. The number of aryl methyl sites for hydroxylation is 1. The lowest BCUT2D eigenvalue weighted by Crippen LogP contribution is -2.31. The van der Waals surface area contributed by atoms with E-state index >= 15 is 0 Å². The topological polar surface area (TPSA) is 98.4 Å². The normalized spacial score (nSPS) is 10.4. The molecular formula is C12H16N2O5S. The smallest absolute Gasteiger partial charge is 0.331 e. The van der Waals surface area contributed by atoms with E-state index in [0.29, 0.717) is 5.69 Å². The van der Waals surface area contributed by atoms with Gasteiger partial charge in [-0.2, -0.15) is 0 Å². The van der Waals surface area contributed by atoms with Crippen molar-refractivity contribution in [3.63, 3.8) is 0 Å². The van der Waals surface area contributed by atoms with Gasteiger partial charge in [0.1, 0.15) is 0 Å². The predicted octanol–water partition coefficient (Wildman–Crippen LogP) is 0.665. The van der Waals surface area contributed by atoms with Gasteiger partial charge in [0.25, 0.3) is 5.56 Å². The molecule has 0 unspecified atom stereocenters. The van der Waals surface area contributed by atoms with Crippen molar-refractivity contribution in [2.24, 2.45) is 0 Å². The molecule has 0 aliphatic carbocycles. The van der Waals surface area contributed by atoms with Crippen molar-refractivity contribution in [1.82, 2.24) is 9.97 Å². The van der Waals surface area contributed by atoms with Crippen LogP contribution in [0.15, 0.2) is 16.0 Å². The molecule has 0 aliphatic rings. The molecule has 0 aromatic carbocycles. The maximum absolute atomic E-state index is 11.8. The van der Waals surface area contributed by atoms with Gasteiger partial charge in [0.2, 0.25) is 5.25 Å². The van der Waals surface area contributed by atoms with Crippen molar-refractivity contribution in [2.45, 2.75) is 31.2 Å². The average Bonchev–Trinajstić information content (AvgIpc) is 2.35. The molecule has 0 saturated heterocycles. The number of ether oxygens (including phenoxy) is 2. The minimum absolute atomic E-state index is 0.146. The van der Waals surface area contributed by atoms with Crippen LogP contribution in [0.5, 0.6) is 0 Å². The lowest BCUT2D eigenvalue weighted by molar-refractivity contribution is -0.152. The summed E-state index contributed by atoms with van der Waals surface area (Å²) in [4.78, 5) is 41.4. The van der Waals surface area contributed by atoms with E-state index in [4.69, 9.17) is 9.47 Å². The number of nitrogens with one attached hydrogen (secondary N) is 1. The van der Waals surface area contributed by atoms with Gasteiger partial charge >= 0.3 is 11.9 Å². The molecule has 20 heavy (non-hydrogen) atoms. The van der Waals surface area contributed by atoms with Crippen LogP contribution >= 0.6 is 11.8 Å². The Kier molecular flexibility index (Phi) is 6.23. The van der Waals surface area contributed by atoms with E-state index in [-0.39, 0.29) is 23.9 Å². The molecule has 0 spiro atoms. The maximum atomic E-state index is 11.8. The highest BCUT2D eigenvalue weighted by molar-refractivity contribution is 8.01. The van der Waals surface area contributed by atoms with E-state index in [2.05, 4.69) is 9.97 Å². The first-order chi connectivity index (χ1) is 9.47. The zero-order valence-electron chi connectivity index (χ0n) is 11.5. The van der Waals surface area contributed by atoms with E-state index in [0.717, 1.165) is 11.8 Å². The van der Waals surface area contributed by atoms with Gasteiger partial charge in [-0.1, -0.05) is 11.8 Å². The third kappa shape index (κ3) is 4.69. The molecule has 8 heteroatoms. The van der Waals surface area contributed by atoms with Gasteiger partial charge in [0, 0.05) is 11.8 Å². The number of thioether (sulfide) groups is 1. The number of carbonyl (C=O) groups is 2. The van der Waals surface area contributed by atoms with Crippen LogP contribution in [0.25, 0.3) is 0 Å². The van der Waals surface area contributed by atoms with Crippen LogP contribution in [0.2, 0.25) is 0 Å². The Morgan fingerprint density at radius 3 is 2.30 bits per heavy atom. The Hall–Kier alpha value is -1.83. The van der Waals surface area contributed by atoms with Crippen LogP contribution in [0.3, 0.4) is 0 Å². The second kappa shape index (κ2) is 7.68. The average molecular weight is 300 g/mol. The van der Waals surface area contributed by atoms with Crippen molar-refractivity contribution in [1.29, 1.82) is 0 Å². The molecule has 7 nitrogen and oxygen atoms in total. The Morgan fingerprint density at radius 2 is 1.85 bits per heavy atom. The summed E-state index contributed by atoms with van der Waals surface area (Å²) in [5.74, 6) is -1.44. The Labute approximate surface area is 120 Å². The molecule has 1 aromatic heterocycles. The van der Waals surface area contributed by atoms with Crippen LogP contribution in [-0.4, -0.2) is 40.4 Å². The van der Waals surface area contributed by atoms with Gasteiger partial charge in [0.15, 0.2) is 5.16 Å². The number of esters is 2. The fraction of sp³-hybridized carbons (Fsp3) is 0.500. The van der Waals surface area contributed by atoms with Crippen molar-refractivity contribution in [3.05, 3.63) is 22.1 Å². The summed E-state index contributed by atoms with van der Waals surface area (Å²) in [6.07, 6.45) is 0. The van der Waals surface area contributed by atoms with Crippen molar-refractivity contribution in [3.8, 4) is 0 Å². The van der Waals surface area contributed by atoms with E-state index < -0.39 is 17.2 Å². The van der Waals surface area contributed by atoms with E-state index in [1.807, 2.05) is 0 Å². The molecule has 0 amide bonds. The van der Waals surface area contributed by atoms with Gasteiger partial charge in [-0.3, -0.25) is 14.4 Å². The highest BCUT2D eigenvalue weighted by atomic mass is 32.2. The van der Waals surface area contributed by atoms with Gasteiger partial charge in [-0.05, 0) is 20.8 Å². The van der Waals surface area contributed by atoms with E-state index in [1.54, 1.807) is 20.8 Å². The van der Waals surface area contributed by atoms with Crippen LogP contribution in [0.4, 0.5) is 0 Å². The first-order valence-electron chi connectivity index (χ1n) is 6.05. The largest absolute Gasteiger partial charge is 0.465 e. The molecule has 0 radical (unpaired) electrons. The summed E-state index contributed by atoms with van der Waals surface area (Å²) in [7, 11) is 0. The number of aromatic nitrogens is 2. The third-order valence-corrected chi connectivity index (χ3v) is 3.12. The molecule has 110 valence electrons. The summed E-state index contributed by atoms with van der Waals surface area (Å²) in [5.41, 5.74) is 0.134. The fourth-order valence-corrected chi connectivity index (χ4v) is 2.26. The molecule has 0 atom stereocenters.